The number of hydrogen-bond donors (Lipinski definition) is 1. The Labute approximate surface area is 103 Å². The van der Waals surface area contributed by atoms with Crippen LogP contribution in [0.3, 0.4) is 0 Å². The van der Waals surface area contributed by atoms with Crippen molar-refractivity contribution >= 4 is 0 Å². The zero-order valence-electron chi connectivity index (χ0n) is 10.7. The Morgan fingerprint density at radius 3 is 2.82 bits per heavy atom. The van der Waals surface area contributed by atoms with Gasteiger partial charge in [-0.05, 0) is 60.9 Å². The van der Waals surface area contributed by atoms with E-state index in [4.69, 9.17) is 4.74 Å². The highest BCUT2D eigenvalue weighted by molar-refractivity contribution is 5.39. The molecule has 0 spiro atoms. The second kappa shape index (κ2) is 4.34. The predicted molar refractivity (Wildman–Crippen MR) is 69.3 cm³/mol. The SMILES string of the molecule is COc1ccc2c(c1)C(C1CC1)NCC(C)C2. The third-order valence-electron chi connectivity index (χ3n) is 4.04. The van der Waals surface area contributed by atoms with Gasteiger partial charge in [0.05, 0.1) is 7.11 Å². The Morgan fingerprint density at radius 2 is 2.12 bits per heavy atom. The van der Waals surface area contributed by atoms with Crippen LogP contribution in [0.25, 0.3) is 0 Å². The highest BCUT2D eigenvalue weighted by Crippen LogP contribution is 2.44. The first-order valence-corrected chi connectivity index (χ1v) is 6.68. The summed E-state index contributed by atoms with van der Waals surface area (Å²) in [5, 5.41) is 3.75. The molecule has 2 atom stereocenters. The first-order chi connectivity index (χ1) is 8.28. The maximum absolute atomic E-state index is 5.37. The van der Waals surface area contributed by atoms with Crippen LogP contribution < -0.4 is 10.1 Å². The summed E-state index contributed by atoms with van der Waals surface area (Å²) in [4.78, 5) is 0. The first-order valence-electron chi connectivity index (χ1n) is 6.68. The van der Waals surface area contributed by atoms with Crippen LogP contribution in [0, 0.1) is 11.8 Å². The Balaban J connectivity index is 2.00. The second-order valence-electron chi connectivity index (χ2n) is 5.60. The van der Waals surface area contributed by atoms with Crippen molar-refractivity contribution in [1.29, 1.82) is 0 Å². The van der Waals surface area contributed by atoms with E-state index >= 15 is 0 Å². The third-order valence-corrected chi connectivity index (χ3v) is 4.04. The van der Waals surface area contributed by atoms with Crippen molar-refractivity contribution in [3.8, 4) is 5.75 Å². The lowest BCUT2D eigenvalue weighted by atomic mass is 9.94. The van der Waals surface area contributed by atoms with Crippen LogP contribution >= 0.6 is 0 Å². The summed E-state index contributed by atoms with van der Waals surface area (Å²) in [6.45, 7) is 3.47. The van der Waals surface area contributed by atoms with Crippen LogP contribution in [-0.2, 0) is 6.42 Å². The van der Waals surface area contributed by atoms with Crippen molar-refractivity contribution in [2.75, 3.05) is 13.7 Å². The van der Waals surface area contributed by atoms with Gasteiger partial charge in [0.15, 0.2) is 0 Å². The molecular weight excluding hydrogens is 210 g/mol. The maximum Gasteiger partial charge on any atom is 0.119 e. The van der Waals surface area contributed by atoms with Crippen molar-refractivity contribution in [3.63, 3.8) is 0 Å². The quantitative estimate of drug-likeness (QED) is 0.845. The standard InChI is InChI=1S/C15H21NO/c1-10-7-12-5-6-13(17-2)8-14(12)15(16-9-10)11-3-4-11/h5-6,8,10-11,15-16H,3-4,7,9H2,1-2H3. The largest absolute Gasteiger partial charge is 0.497 e. The molecule has 2 nitrogen and oxygen atoms in total. The summed E-state index contributed by atoms with van der Waals surface area (Å²) >= 11 is 0. The number of nitrogens with one attached hydrogen (secondary N) is 1. The second-order valence-corrected chi connectivity index (χ2v) is 5.60. The molecule has 1 aromatic carbocycles. The minimum absolute atomic E-state index is 0.560. The van der Waals surface area contributed by atoms with Gasteiger partial charge in [0.2, 0.25) is 0 Å². The monoisotopic (exact) mass is 231 g/mol. The molecule has 1 saturated carbocycles. The average Bonchev–Trinajstić information content (AvgIpc) is 3.14. The van der Waals surface area contributed by atoms with Crippen LogP contribution in [0.1, 0.15) is 36.9 Å². The third kappa shape index (κ3) is 2.19. The fraction of sp³-hybridized carbons (Fsp3) is 0.600. The Bertz CT molecular complexity index is 411. The fourth-order valence-corrected chi connectivity index (χ4v) is 2.91. The van der Waals surface area contributed by atoms with E-state index in [0.29, 0.717) is 6.04 Å². The van der Waals surface area contributed by atoms with Crippen LogP contribution in [0.2, 0.25) is 0 Å². The number of benzene rings is 1. The molecule has 92 valence electrons. The Morgan fingerprint density at radius 1 is 1.29 bits per heavy atom. The molecule has 17 heavy (non-hydrogen) atoms. The number of hydrogen-bond acceptors (Lipinski definition) is 2. The number of methoxy groups -OCH3 is 1. The molecule has 0 radical (unpaired) electrons. The summed E-state index contributed by atoms with van der Waals surface area (Å²) in [5.74, 6) is 2.57. The highest BCUT2D eigenvalue weighted by atomic mass is 16.5. The summed E-state index contributed by atoms with van der Waals surface area (Å²) in [6.07, 6.45) is 3.95. The van der Waals surface area contributed by atoms with Gasteiger partial charge in [-0.15, -0.1) is 0 Å². The van der Waals surface area contributed by atoms with Gasteiger partial charge in [-0.3, -0.25) is 0 Å². The van der Waals surface area contributed by atoms with Crippen LogP contribution in [0.5, 0.6) is 5.75 Å². The normalized spacial score (nSPS) is 28.4. The number of rotatable bonds is 2. The molecule has 2 heteroatoms. The molecule has 0 aromatic heterocycles. The molecule has 1 aliphatic carbocycles. The van der Waals surface area contributed by atoms with Crippen molar-refractivity contribution in [3.05, 3.63) is 29.3 Å². The van der Waals surface area contributed by atoms with E-state index in [0.717, 1.165) is 24.1 Å². The van der Waals surface area contributed by atoms with E-state index in [2.05, 4.69) is 30.4 Å². The molecule has 3 rings (SSSR count). The van der Waals surface area contributed by atoms with Gasteiger partial charge in [0, 0.05) is 6.04 Å². The zero-order chi connectivity index (χ0) is 11.8. The van der Waals surface area contributed by atoms with E-state index in [1.807, 2.05) is 0 Å². The van der Waals surface area contributed by atoms with E-state index < -0.39 is 0 Å². The summed E-state index contributed by atoms with van der Waals surface area (Å²) in [6, 6.07) is 7.15. The predicted octanol–water partition coefficient (Wildman–Crippen LogP) is 2.93. The number of ether oxygens (including phenoxy) is 1. The maximum atomic E-state index is 5.37. The molecule has 2 unspecified atom stereocenters. The zero-order valence-corrected chi connectivity index (χ0v) is 10.7. The van der Waals surface area contributed by atoms with Crippen LogP contribution in [-0.4, -0.2) is 13.7 Å². The van der Waals surface area contributed by atoms with Crippen molar-refractivity contribution in [2.24, 2.45) is 11.8 Å². The molecule has 1 aromatic rings. The van der Waals surface area contributed by atoms with E-state index in [1.165, 1.54) is 30.4 Å². The molecule has 1 fully saturated rings. The fourth-order valence-electron chi connectivity index (χ4n) is 2.91. The molecular formula is C15H21NO. The Hall–Kier alpha value is -1.02. The van der Waals surface area contributed by atoms with Gasteiger partial charge >= 0.3 is 0 Å². The van der Waals surface area contributed by atoms with Crippen molar-refractivity contribution in [1.82, 2.24) is 5.32 Å². The number of fused-ring (bicyclic) bond motifs is 1. The smallest absolute Gasteiger partial charge is 0.119 e. The molecule has 0 saturated heterocycles. The lowest BCUT2D eigenvalue weighted by molar-refractivity contribution is 0.411. The molecule has 1 aliphatic heterocycles. The van der Waals surface area contributed by atoms with Gasteiger partial charge in [0.25, 0.3) is 0 Å². The lowest BCUT2D eigenvalue weighted by Gasteiger charge is -2.19. The van der Waals surface area contributed by atoms with Crippen molar-refractivity contribution in [2.45, 2.75) is 32.2 Å². The molecule has 1 heterocycles. The Kier molecular flexibility index (Phi) is 2.83. The molecule has 1 N–H and O–H groups in total. The van der Waals surface area contributed by atoms with Gasteiger partial charge in [-0.25, -0.2) is 0 Å². The average molecular weight is 231 g/mol. The summed E-state index contributed by atoms with van der Waals surface area (Å²) < 4.78 is 5.37. The highest BCUT2D eigenvalue weighted by Gasteiger charge is 2.35. The van der Waals surface area contributed by atoms with E-state index in [1.54, 1.807) is 7.11 Å². The van der Waals surface area contributed by atoms with Gasteiger partial charge in [-0.1, -0.05) is 13.0 Å². The molecule has 0 bridgehead atoms. The minimum Gasteiger partial charge on any atom is -0.497 e. The van der Waals surface area contributed by atoms with Gasteiger partial charge in [0.1, 0.15) is 5.75 Å². The summed E-state index contributed by atoms with van der Waals surface area (Å²) in [5.41, 5.74) is 3.00. The summed E-state index contributed by atoms with van der Waals surface area (Å²) in [7, 11) is 1.75. The first kappa shape index (κ1) is 11.1. The molecule has 0 amide bonds. The lowest BCUT2D eigenvalue weighted by Crippen LogP contribution is -2.25. The van der Waals surface area contributed by atoms with Crippen molar-refractivity contribution < 1.29 is 4.74 Å². The van der Waals surface area contributed by atoms with Crippen LogP contribution in [0.15, 0.2) is 18.2 Å². The van der Waals surface area contributed by atoms with E-state index in [-0.39, 0.29) is 0 Å². The van der Waals surface area contributed by atoms with Gasteiger partial charge in [-0.2, -0.15) is 0 Å². The van der Waals surface area contributed by atoms with E-state index in [9.17, 15) is 0 Å². The van der Waals surface area contributed by atoms with Crippen LogP contribution in [0.4, 0.5) is 0 Å². The van der Waals surface area contributed by atoms with Gasteiger partial charge < -0.3 is 10.1 Å². The molecule has 2 aliphatic rings. The topological polar surface area (TPSA) is 21.3 Å². The minimum atomic E-state index is 0.560.